The summed E-state index contributed by atoms with van der Waals surface area (Å²) in [6, 6.07) is 14.1. The lowest BCUT2D eigenvalue weighted by atomic mass is 10.2. The number of thioether (sulfide) groups is 1. The Balaban J connectivity index is 2.05. The van der Waals surface area contributed by atoms with Gasteiger partial charge in [0.1, 0.15) is 0 Å². The van der Waals surface area contributed by atoms with Gasteiger partial charge in [0.05, 0.1) is 0 Å². The number of rotatable bonds is 5. The van der Waals surface area contributed by atoms with E-state index in [1.165, 1.54) is 10.5 Å². The van der Waals surface area contributed by atoms with Gasteiger partial charge in [0, 0.05) is 27.2 Å². The van der Waals surface area contributed by atoms with E-state index in [2.05, 4.69) is 29.6 Å². The summed E-state index contributed by atoms with van der Waals surface area (Å²) in [5.74, 6) is 0.822. The molecular weight excluding hydrogens is 297 g/mol. The average molecular weight is 312 g/mol. The Hall–Kier alpha value is -0.670. The third-order valence-corrected chi connectivity index (χ3v) is 4.33. The highest BCUT2D eigenvalue weighted by atomic mass is 35.5. The van der Waals surface area contributed by atoms with E-state index in [1.54, 1.807) is 11.8 Å². The largest absolute Gasteiger partial charge is 0.316 e. The molecule has 0 spiro atoms. The molecule has 100 valence electrons. The first kappa shape index (κ1) is 14.7. The summed E-state index contributed by atoms with van der Waals surface area (Å²) in [7, 11) is 1.95. The van der Waals surface area contributed by atoms with Crippen molar-refractivity contribution < 1.29 is 0 Å². The summed E-state index contributed by atoms with van der Waals surface area (Å²) in [5.41, 5.74) is 2.35. The average Bonchev–Trinajstić information content (AvgIpc) is 2.41. The zero-order valence-electron chi connectivity index (χ0n) is 10.6. The summed E-state index contributed by atoms with van der Waals surface area (Å²) in [5, 5.41) is 4.65. The van der Waals surface area contributed by atoms with E-state index >= 15 is 0 Å². The molecule has 2 aromatic rings. The molecule has 19 heavy (non-hydrogen) atoms. The van der Waals surface area contributed by atoms with Crippen LogP contribution in [-0.2, 0) is 12.3 Å². The SMILES string of the molecule is CNCc1cccc(SCc2cc(Cl)ccc2Cl)c1. The summed E-state index contributed by atoms with van der Waals surface area (Å²) in [6.07, 6.45) is 0. The molecule has 0 aliphatic carbocycles. The van der Waals surface area contributed by atoms with Crippen molar-refractivity contribution in [2.75, 3.05) is 7.05 Å². The number of hydrogen-bond donors (Lipinski definition) is 1. The highest BCUT2D eigenvalue weighted by Gasteiger charge is 2.03. The first-order valence-corrected chi connectivity index (χ1v) is 7.73. The number of hydrogen-bond acceptors (Lipinski definition) is 2. The van der Waals surface area contributed by atoms with Crippen molar-refractivity contribution in [3.05, 3.63) is 63.6 Å². The lowest BCUT2D eigenvalue weighted by molar-refractivity contribution is 0.815. The Morgan fingerprint density at radius 1 is 1.11 bits per heavy atom. The highest BCUT2D eigenvalue weighted by Crippen LogP contribution is 2.29. The molecule has 4 heteroatoms. The molecule has 2 rings (SSSR count). The number of halogens is 2. The Morgan fingerprint density at radius 3 is 2.74 bits per heavy atom. The predicted molar refractivity (Wildman–Crippen MR) is 85.2 cm³/mol. The van der Waals surface area contributed by atoms with Gasteiger partial charge in [-0.1, -0.05) is 35.3 Å². The van der Waals surface area contributed by atoms with Crippen molar-refractivity contribution in [3.63, 3.8) is 0 Å². The minimum absolute atomic E-state index is 0.726. The van der Waals surface area contributed by atoms with Crippen LogP contribution in [0.3, 0.4) is 0 Å². The standard InChI is InChI=1S/C15H15Cl2NS/c1-18-9-11-3-2-4-14(7-11)19-10-12-8-13(16)5-6-15(12)17/h2-8,18H,9-10H2,1H3. The van der Waals surface area contributed by atoms with Gasteiger partial charge >= 0.3 is 0 Å². The van der Waals surface area contributed by atoms with Crippen LogP contribution in [0.15, 0.2) is 47.4 Å². The van der Waals surface area contributed by atoms with Crippen molar-refractivity contribution in [2.45, 2.75) is 17.2 Å². The van der Waals surface area contributed by atoms with Crippen LogP contribution in [0.2, 0.25) is 10.0 Å². The van der Waals surface area contributed by atoms with Crippen molar-refractivity contribution in [3.8, 4) is 0 Å². The molecule has 0 bridgehead atoms. The van der Waals surface area contributed by atoms with Gasteiger partial charge in [-0.15, -0.1) is 11.8 Å². The minimum Gasteiger partial charge on any atom is -0.316 e. The monoisotopic (exact) mass is 311 g/mol. The normalized spacial score (nSPS) is 10.7. The van der Waals surface area contributed by atoms with E-state index in [0.29, 0.717) is 0 Å². The number of benzene rings is 2. The molecule has 0 aromatic heterocycles. The fraction of sp³-hybridized carbons (Fsp3) is 0.200. The van der Waals surface area contributed by atoms with E-state index in [1.807, 2.05) is 25.2 Å². The summed E-state index contributed by atoms with van der Waals surface area (Å²) in [6.45, 7) is 0.881. The van der Waals surface area contributed by atoms with Crippen molar-refractivity contribution in [1.82, 2.24) is 5.32 Å². The van der Waals surface area contributed by atoms with Crippen LogP contribution in [0.25, 0.3) is 0 Å². The molecule has 2 aromatic carbocycles. The van der Waals surface area contributed by atoms with Crippen LogP contribution < -0.4 is 5.32 Å². The second kappa shape index (κ2) is 7.20. The van der Waals surface area contributed by atoms with E-state index in [-0.39, 0.29) is 0 Å². The molecule has 0 atom stereocenters. The van der Waals surface area contributed by atoms with Crippen molar-refractivity contribution in [1.29, 1.82) is 0 Å². The maximum Gasteiger partial charge on any atom is 0.0447 e. The van der Waals surface area contributed by atoms with Crippen LogP contribution in [0, 0.1) is 0 Å². The molecule has 0 fully saturated rings. The molecule has 1 nitrogen and oxygen atoms in total. The van der Waals surface area contributed by atoms with E-state index in [9.17, 15) is 0 Å². The maximum absolute atomic E-state index is 6.16. The van der Waals surface area contributed by atoms with Gasteiger partial charge in [-0.05, 0) is 48.5 Å². The molecule has 0 aliphatic heterocycles. The molecule has 0 amide bonds. The second-order valence-electron chi connectivity index (χ2n) is 4.20. The Bertz CT molecular complexity index is 558. The Labute approximate surface area is 128 Å². The fourth-order valence-corrected chi connectivity index (χ4v) is 3.19. The molecule has 0 unspecified atom stereocenters. The summed E-state index contributed by atoms with van der Waals surface area (Å²) in [4.78, 5) is 1.24. The van der Waals surface area contributed by atoms with Gasteiger partial charge in [0.15, 0.2) is 0 Å². The quantitative estimate of drug-likeness (QED) is 0.779. The summed E-state index contributed by atoms with van der Waals surface area (Å²) < 4.78 is 0. The molecule has 0 radical (unpaired) electrons. The minimum atomic E-state index is 0.726. The molecule has 1 N–H and O–H groups in total. The third-order valence-electron chi connectivity index (χ3n) is 2.68. The fourth-order valence-electron chi connectivity index (χ4n) is 1.76. The van der Waals surface area contributed by atoms with Crippen LogP contribution in [-0.4, -0.2) is 7.05 Å². The molecule has 0 saturated heterocycles. The lowest BCUT2D eigenvalue weighted by Crippen LogP contribution is -2.04. The summed E-state index contributed by atoms with van der Waals surface area (Å²) >= 11 is 13.9. The van der Waals surface area contributed by atoms with Gasteiger partial charge in [0.2, 0.25) is 0 Å². The van der Waals surface area contributed by atoms with Crippen LogP contribution in [0.1, 0.15) is 11.1 Å². The smallest absolute Gasteiger partial charge is 0.0447 e. The van der Waals surface area contributed by atoms with E-state index in [4.69, 9.17) is 23.2 Å². The maximum atomic E-state index is 6.16. The van der Waals surface area contributed by atoms with Crippen LogP contribution in [0.5, 0.6) is 0 Å². The predicted octanol–water partition coefficient (Wildman–Crippen LogP) is 5.01. The first-order chi connectivity index (χ1) is 9.19. The van der Waals surface area contributed by atoms with Crippen molar-refractivity contribution >= 4 is 35.0 Å². The zero-order chi connectivity index (χ0) is 13.7. The van der Waals surface area contributed by atoms with Crippen LogP contribution in [0.4, 0.5) is 0 Å². The van der Waals surface area contributed by atoms with Crippen LogP contribution >= 0.6 is 35.0 Å². The Kier molecular flexibility index (Phi) is 5.59. The van der Waals surface area contributed by atoms with Gasteiger partial charge < -0.3 is 5.32 Å². The van der Waals surface area contributed by atoms with Crippen molar-refractivity contribution in [2.24, 2.45) is 0 Å². The first-order valence-electron chi connectivity index (χ1n) is 5.99. The van der Waals surface area contributed by atoms with Gasteiger partial charge in [0.25, 0.3) is 0 Å². The molecule has 0 heterocycles. The van der Waals surface area contributed by atoms with E-state index in [0.717, 1.165) is 27.9 Å². The second-order valence-corrected chi connectivity index (χ2v) is 6.09. The molecule has 0 saturated carbocycles. The van der Waals surface area contributed by atoms with Gasteiger partial charge in [-0.2, -0.15) is 0 Å². The molecule has 0 aliphatic rings. The number of nitrogens with one attached hydrogen (secondary N) is 1. The van der Waals surface area contributed by atoms with E-state index < -0.39 is 0 Å². The zero-order valence-corrected chi connectivity index (χ0v) is 12.9. The Morgan fingerprint density at radius 2 is 1.95 bits per heavy atom. The highest BCUT2D eigenvalue weighted by molar-refractivity contribution is 7.98. The van der Waals surface area contributed by atoms with Gasteiger partial charge in [-0.25, -0.2) is 0 Å². The van der Waals surface area contributed by atoms with Gasteiger partial charge in [-0.3, -0.25) is 0 Å². The third kappa shape index (κ3) is 4.43. The molecular formula is C15H15Cl2NS. The lowest BCUT2D eigenvalue weighted by Gasteiger charge is -2.07. The topological polar surface area (TPSA) is 12.0 Å².